The maximum Gasteiger partial charge on any atom is 0.123 e. The molecule has 0 amide bonds. The van der Waals surface area contributed by atoms with E-state index in [1.165, 1.54) is 12.8 Å². The summed E-state index contributed by atoms with van der Waals surface area (Å²) >= 11 is 0. The summed E-state index contributed by atoms with van der Waals surface area (Å²) in [7, 11) is 0. The topological polar surface area (TPSA) is 58.7 Å². The highest BCUT2D eigenvalue weighted by Crippen LogP contribution is 2.18. The first kappa shape index (κ1) is 15.3. The van der Waals surface area contributed by atoms with E-state index in [1.807, 2.05) is 24.3 Å². The zero-order valence-electron chi connectivity index (χ0n) is 12.3. The molecule has 0 radical (unpaired) electrons. The van der Waals surface area contributed by atoms with Gasteiger partial charge < -0.3 is 20.5 Å². The number of β-amino-alcohol motifs (C(OH)–C–C–N with tert-alkyl or cyclic N) is 1. The van der Waals surface area contributed by atoms with Crippen molar-refractivity contribution >= 4 is 0 Å². The molecular formula is C16H26N2O2. The van der Waals surface area contributed by atoms with Gasteiger partial charge in [-0.3, -0.25) is 0 Å². The third kappa shape index (κ3) is 4.47. The maximum atomic E-state index is 10.1. The molecule has 0 bridgehead atoms. The van der Waals surface area contributed by atoms with Crippen molar-refractivity contribution in [2.24, 2.45) is 11.7 Å². The number of nitrogens with zero attached hydrogens (tertiary/aromatic N) is 1. The lowest BCUT2D eigenvalue weighted by Gasteiger charge is -2.32. The Labute approximate surface area is 121 Å². The van der Waals surface area contributed by atoms with Crippen molar-refractivity contribution in [3.63, 3.8) is 0 Å². The van der Waals surface area contributed by atoms with Crippen LogP contribution in [-0.4, -0.2) is 42.4 Å². The Bertz CT molecular complexity index is 411. The molecule has 1 aromatic carbocycles. The van der Waals surface area contributed by atoms with Crippen molar-refractivity contribution < 1.29 is 9.84 Å². The molecule has 2 rings (SSSR count). The number of piperidine rings is 1. The van der Waals surface area contributed by atoms with Crippen LogP contribution in [0.15, 0.2) is 24.3 Å². The Morgan fingerprint density at radius 2 is 2.25 bits per heavy atom. The van der Waals surface area contributed by atoms with Gasteiger partial charge in [0.1, 0.15) is 18.5 Å². The molecule has 1 heterocycles. The number of likely N-dealkylation sites (tertiary alicyclic amines) is 1. The number of hydrogen-bond acceptors (Lipinski definition) is 4. The minimum atomic E-state index is -0.453. The van der Waals surface area contributed by atoms with E-state index in [9.17, 15) is 5.11 Å². The van der Waals surface area contributed by atoms with E-state index in [4.69, 9.17) is 10.5 Å². The standard InChI is InChI=1S/C16H26N2O2/c1-13-5-4-8-18(10-13)11-15(19)12-20-16-7-3-2-6-14(16)9-17/h2-3,6-7,13,15,19H,4-5,8-12,17H2,1H3. The number of nitrogens with two attached hydrogens (primary N) is 1. The minimum Gasteiger partial charge on any atom is -0.491 e. The van der Waals surface area contributed by atoms with Gasteiger partial charge in [0.25, 0.3) is 0 Å². The highest BCUT2D eigenvalue weighted by atomic mass is 16.5. The fourth-order valence-electron chi connectivity index (χ4n) is 2.80. The Kier molecular flexibility index (Phi) is 5.83. The van der Waals surface area contributed by atoms with Crippen molar-refractivity contribution in [1.82, 2.24) is 4.90 Å². The fraction of sp³-hybridized carbons (Fsp3) is 0.625. The molecule has 20 heavy (non-hydrogen) atoms. The van der Waals surface area contributed by atoms with E-state index in [2.05, 4.69) is 11.8 Å². The summed E-state index contributed by atoms with van der Waals surface area (Å²) in [5.41, 5.74) is 6.65. The third-order valence-corrected chi connectivity index (χ3v) is 3.83. The molecule has 2 atom stereocenters. The van der Waals surface area contributed by atoms with Crippen LogP contribution in [0.3, 0.4) is 0 Å². The molecule has 2 unspecified atom stereocenters. The van der Waals surface area contributed by atoms with Gasteiger partial charge in [-0.1, -0.05) is 25.1 Å². The first-order valence-electron chi connectivity index (χ1n) is 7.50. The average molecular weight is 278 g/mol. The number of aliphatic hydroxyl groups is 1. The van der Waals surface area contributed by atoms with Crippen molar-refractivity contribution in [1.29, 1.82) is 0 Å². The van der Waals surface area contributed by atoms with Crippen molar-refractivity contribution in [3.05, 3.63) is 29.8 Å². The smallest absolute Gasteiger partial charge is 0.123 e. The second kappa shape index (κ2) is 7.62. The molecule has 0 saturated carbocycles. The molecule has 1 fully saturated rings. The SMILES string of the molecule is CC1CCCN(CC(O)COc2ccccc2CN)C1. The summed E-state index contributed by atoms with van der Waals surface area (Å²) in [6, 6.07) is 7.72. The lowest BCUT2D eigenvalue weighted by Crippen LogP contribution is -2.41. The summed E-state index contributed by atoms with van der Waals surface area (Å²) in [6.45, 7) is 5.90. The van der Waals surface area contributed by atoms with Gasteiger partial charge in [-0.15, -0.1) is 0 Å². The van der Waals surface area contributed by atoms with Gasteiger partial charge in [0.15, 0.2) is 0 Å². The number of rotatable bonds is 6. The summed E-state index contributed by atoms with van der Waals surface area (Å²) in [6.07, 6.45) is 2.07. The lowest BCUT2D eigenvalue weighted by molar-refractivity contribution is 0.0535. The number of para-hydroxylation sites is 1. The van der Waals surface area contributed by atoms with E-state index in [-0.39, 0.29) is 0 Å². The summed E-state index contributed by atoms with van der Waals surface area (Å²) < 4.78 is 5.70. The molecule has 1 aliphatic rings. The molecule has 112 valence electrons. The monoisotopic (exact) mass is 278 g/mol. The molecule has 4 heteroatoms. The van der Waals surface area contributed by atoms with Gasteiger partial charge in [-0.25, -0.2) is 0 Å². The summed E-state index contributed by atoms with van der Waals surface area (Å²) in [5.74, 6) is 1.51. The zero-order valence-corrected chi connectivity index (χ0v) is 12.3. The Hall–Kier alpha value is -1.10. The molecule has 1 aliphatic heterocycles. The minimum absolute atomic E-state index is 0.321. The number of ether oxygens (including phenoxy) is 1. The van der Waals surface area contributed by atoms with Crippen LogP contribution in [0.1, 0.15) is 25.3 Å². The van der Waals surface area contributed by atoms with Crippen LogP contribution in [0.5, 0.6) is 5.75 Å². The highest BCUT2D eigenvalue weighted by Gasteiger charge is 2.19. The van der Waals surface area contributed by atoms with Crippen LogP contribution in [0.25, 0.3) is 0 Å². The van der Waals surface area contributed by atoms with Gasteiger partial charge in [-0.2, -0.15) is 0 Å². The number of aliphatic hydroxyl groups excluding tert-OH is 1. The molecular weight excluding hydrogens is 252 g/mol. The predicted molar refractivity (Wildman–Crippen MR) is 80.7 cm³/mol. The average Bonchev–Trinajstić information content (AvgIpc) is 2.45. The zero-order chi connectivity index (χ0) is 14.4. The van der Waals surface area contributed by atoms with Crippen molar-refractivity contribution in [2.45, 2.75) is 32.4 Å². The van der Waals surface area contributed by atoms with Crippen molar-refractivity contribution in [2.75, 3.05) is 26.2 Å². The first-order valence-corrected chi connectivity index (χ1v) is 7.50. The second-order valence-corrected chi connectivity index (χ2v) is 5.78. The highest BCUT2D eigenvalue weighted by molar-refractivity contribution is 5.32. The molecule has 1 saturated heterocycles. The van der Waals surface area contributed by atoms with E-state index in [1.54, 1.807) is 0 Å². The Balaban J connectivity index is 1.78. The molecule has 1 aromatic rings. The third-order valence-electron chi connectivity index (χ3n) is 3.83. The molecule has 0 aromatic heterocycles. The van der Waals surface area contributed by atoms with Gasteiger partial charge in [0, 0.05) is 25.2 Å². The van der Waals surface area contributed by atoms with Crippen molar-refractivity contribution in [3.8, 4) is 5.75 Å². The lowest BCUT2D eigenvalue weighted by atomic mass is 10.0. The van der Waals surface area contributed by atoms with Crippen LogP contribution in [0, 0.1) is 5.92 Å². The Morgan fingerprint density at radius 3 is 3.00 bits per heavy atom. The molecule has 3 N–H and O–H groups in total. The van der Waals surface area contributed by atoms with E-state index >= 15 is 0 Å². The van der Waals surface area contributed by atoms with Crippen LogP contribution < -0.4 is 10.5 Å². The molecule has 0 aliphatic carbocycles. The van der Waals surface area contributed by atoms with E-state index in [0.717, 1.165) is 30.3 Å². The molecule has 0 spiro atoms. The quantitative estimate of drug-likeness (QED) is 0.830. The fourth-order valence-corrected chi connectivity index (χ4v) is 2.80. The summed E-state index contributed by atoms with van der Waals surface area (Å²) in [4.78, 5) is 2.33. The van der Waals surface area contributed by atoms with E-state index < -0.39 is 6.10 Å². The largest absolute Gasteiger partial charge is 0.491 e. The van der Waals surface area contributed by atoms with Gasteiger partial charge in [0.05, 0.1) is 0 Å². The summed E-state index contributed by atoms with van der Waals surface area (Å²) in [5, 5.41) is 10.1. The normalized spacial score (nSPS) is 21.6. The van der Waals surface area contributed by atoms with E-state index in [0.29, 0.717) is 19.7 Å². The van der Waals surface area contributed by atoms with Crippen LogP contribution in [0.2, 0.25) is 0 Å². The van der Waals surface area contributed by atoms with Gasteiger partial charge >= 0.3 is 0 Å². The predicted octanol–water partition coefficient (Wildman–Crippen LogP) is 1.62. The second-order valence-electron chi connectivity index (χ2n) is 5.78. The first-order chi connectivity index (χ1) is 9.69. The molecule has 4 nitrogen and oxygen atoms in total. The van der Waals surface area contributed by atoms with Crippen LogP contribution >= 0.6 is 0 Å². The van der Waals surface area contributed by atoms with Gasteiger partial charge in [0.2, 0.25) is 0 Å². The Morgan fingerprint density at radius 1 is 1.45 bits per heavy atom. The number of benzene rings is 1. The van der Waals surface area contributed by atoms with Crippen LogP contribution in [-0.2, 0) is 6.54 Å². The number of hydrogen-bond donors (Lipinski definition) is 2. The van der Waals surface area contributed by atoms with Crippen LogP contribution in [0.4, 0.5) is 0 Å². The van der Waals surface area contributed by atoms with Gasteiger partial charge in [-0.05, 0) is 31.4 Å². The maximum absolute atomic E-state index is 10.1.